The van der Waals surface area contributed by atoms with Crippen LogP contribution in [-0.4, -0.2) is 4.98 Å². The van der Waals surface area contributed by atoms with Crippen LogP contribution < -0.4 is 5.56 Å². The molecular weight excluding hydrogens is 280 g/mol. The third kappa shape index (κ3) is 2.34. The Morgan fingerprint density at radius 1 is 1.12 bits per heavy atom. The van der Waals surface area contributed by atoms with Gasteiger partial charge in [0.05, 0.1) is 15.1 Å². The van der Waals surface area contributed by atoms with E-state index in [1.807, 2.05) is 0 Å². The minimum Gasteiger partial charge on any atom is -0.329 e. The Kier molecular flexibility index (Phi) is 3.48. The number of aromatic amines is 1. The smallest absolute Gasteiger partial charge is 0.251 e. The molecule has 2 nitrogen and oxygen atoms in total. The summed E-state index contributed by atoms with van der Waals surface area (Å²) in [4.78, 5) is 14.1. The van der Waals surface area contributed by atoms with Crippen molar-refractivity contribution in [1.82, 2.24) is 4.98 Å². The van der Waals surface area contributed by atoms with E-state index in [1.165, 1.54) is 0 Å². The zero-order valence-electron chi connectivity index (χ0n) is 8.85. The summed E-state index contributed by atoms with van der Waals surface area (Å²) in [6.07, 6.45) is 1.58. The molecule has 0 fully saturated rings. The van der Waals surface area contributed by atoms with Gasteiger partial charge in [0.2, 0.25) is 0 Å². The van der Waals surface area contributed by atoms with E-state index >= 15 is 0 Å². The second-order valence-electron chi connectivity index (χ2n) is 3.60. The summed E-state index contributed by atoms with van der Waals surface area (Å²) in [5, 5.41) is 1.06. The highest BCUT2D eigenvalue weighted by Crippen LogP contribution is 2.35. The molecule has 0 saturated heterocycles. The molecule has 0 aliphatic carbocycles. The standard InChI is InChI=1S/C12H8Cl3NO/c1-6-8(2-3-16-12(6)17)7-4-9(13)11(15)10(14)5-7/h2-5H,1H3,(H,16,17). The average Bonchev–Trinajstić information content (AvgIpc) is 2.29. The van der Waals surface area contributed by atoms with Gasteiger partial charge in [0.15, 0.2) is 0 Å². The van der Waals surface area contributed by atoms with Crippen LogP contribution in [0.15, 0.2) is 29.2 Å². The maximum absolute atomic E-state index is 11.5. The monoisotopic (exact) mass is 287 g/mol. The van der Waals surface area contributed by atoms with E-state index in [2.05, 4.69) is 4.98 Å². The number of hydrogen-bond acceptors (Lipinski definition) is 1. The van der Waals surface area contributed by atoms with Crippen molar-refractivity contribution < 1.29 is 0 Å². The van der Waals surface area contributed by atoms with Gasteiger partial charge in [-0.3, -0.25) is 4.79 Å². The summed E-state index contributed by atoms with van der Waals surface area (Å²) in [5.74, 6) is 0. The number of benzene rings is 1. The number of pyridine rings is 1. The van der Waals surface area contributed by atoms with Crippen LogP contribution in [0.4, 0.5) is 0 Å². The Morgan fingerprint density at radius 3 is 2.29 bits per heavy atom. The van der Waals surface area contributed by atoms with Crippen LogP contribution in [0.5, 0.6) is 0 Å². The fourth-order valence-electron chi connectivity index (χ4n) is 1.58. The van der Waals surface area contributed by atoms with Gasteiger partial charge >= 0.3 is 0 Å². The third-order valence-corrected chi connectivity index (χ3v) is 3.70. The van der Waals surface area contributed by atoms with E-state index in [9.17, 15) is 4.79 Å². The first-order chi connectivity index (χ1) is 8.00. The zero-order valence-corrected chi connectivity index (χ0v) is 11.1. The van der Waals surface area contributed by atoms with Gasteiger partial charge in [0, 0.05) is 11.8 Å². The molecule has 5 heteroatoms. The van der Waals surface area contributed by atoms with Crippen molar-refractivity contribution >= 4 is 34.8 Å². The number of H-pyrrole nitrogens is 1. The molecule has 1 aromatic heterocycles. The minimum absolute atomic E-state index is 0.135. The van der Waals surface area contributed by atoms with E-state index < -0.39 is 0 Å². The Labute approximate surface area is 113 Å². The van der Waals surface area contributed by atoms with Gasteiger partial charge in [-0.25, -0.2) is 0 Å². The molecule has 2 rings (SSSR count). The van der Waals surface area contributed by atoms with Crippen LogP contribution >= 0.6 is 34.8 Å². The number of hydrogen-bond donors (Lipinski definition) is 1. The zero-order chi connectivity index (χ0) is 12.6. The van der Waals surface area contributed by atoms with Gasteiger partial charge in [-0.05, 0) is 36.2 Å². The lowest BCUT2D eigenvalue weighted by molar-refractivity contribution is 1.18. The molecule has 0 saturated carbocycles. The summed E-state index contributed by atoms with van der Waals surface area (Å²) >= 11 is 17.8. The van der Waals surface area contributed by atoms with E-state index in [4.69, 9.17) is 34.8 Å². The molecule has 0 radical (unpaired) electrons. The summed E-state index contributed by atoms with van der Waals surface area (Å²) in [7, 11) is 0. The molecule has 17 heavy (non-hydrogen) atoms. The molecule has 0 bridgehead atoms. The quantitative estimate of drug-likeness (QED) is 0.779. The summed E-state index contributed by atoms with van der Waals surface area (Å²) < 4.78 is 0. The molecule has 1 heterocycles. The Bertz CT molecular complexity index is 611. The van der Waals surface area contributed by atoms with Gasteiger partial charge in [0.1, 0.15) is 0 Å². The third-order valence-electron chi connectivity index (χ3n) is 2.50. The van der Waals surface area contributed by atoms with Crippen molar-refractivity contribution in [3.05, 3.63) is 55.4 Å². The molecule has 0 unspecified atom stereocenters. The molecule has 0 atom stereocenters. The lowest BCUT2D eigenvalue weighted by Crippen LogP contribution is -2.09. The highest BCUT2D eigenvalue weighted by atomic mass is 35.5. The Morgan fingerprint density at radius 2 is 1.71 bits per heavy atom. The normalized spacial score (nSPS) is 10.6. The van der Waals surface area contributed by atoms with Crippen molar-refractivity contribution in [1.29, 1.82) is 0 Å². The van der Waals surface area contributed by atoms with E-state index in [0.717, 1.165) is 11.1 Å². The summed E-state index contributed by atoms with van der Waals surface area (Å²) in [5.41, 5.74) is 2.04. The average molecular weight is 289 g/mol. The molecule has 0 spiro atoms. The van der Waals surface area contributed by atoms with Crippen LogP contribution in [0.1, 0.15) is 5.56 Å². The van der Waals surface area contributed by atoms with Gasteiger partial charge in [-0.15, -0.1) is 0 Å². The highest BCUT2D eigenvalue weighted by Gasteiger charge is 2.10. The summed E-state index contributed by atoms with van der Waals surface area (Å²) in [6, 6.07) is 5.18. The number of aromatic nitrogens is 1. The first kappa shape index (κ1) is 12.5. The van der Waals surface area contributed by atoms with Crippen molar-refractivity contribution in [3.63, 3.8) is 0 Å². The van der Waals surface area contributed by atoms with Crippen LogP contribution in [0.2, 0.25) is 15.1 Å². The van der Waals surface area contributed by atoms with Crippen LogP contribution in [0.25, 0.3) is 11.1 Å². The molecule has 0 aliphatic rings. The molecular formula is C12H8Cl3NO. The molecule has 88 valence electrons. The predicted octanol–water partition coefficient (Wildman–Crippen LogP) is 4.31. The van der Waals surface area contributed by atoms with E-state index in [-0.39, 0.29) is 5.56 Å². The lowest BCUT2D eigenvalue weighted by Gasteiger charge is -2.07. The van der Waals surface area contributed by atoms with Gasteiger partial charge in [-0.1, -0.05) is 34.8 Å². The van der Waals surface area contributed by atoms with Gasteiger partial charge < -0.3 is 4.98 Å². The van der Waals surface area contributed by atoms with Gasteiger partial charge in [0.25, 0.3) is 5.56 Å². The molecule has 0 aliphatic heterocycles. The molecule has 2 aromatic rings. The lowest BCUT2D eigenvalue weighted by atomic mass is 10.0. The van der Waals surface area contributed by atoms with Crippen molar-refractivity contribution in [3.8, 4) is 11.1 Å². The highest BCUT2D eigenvalue weighted by molar-refractivity contribution is 6.48. The molecule has 1 N–H and O–H groups in total. The first-order valence-corrected chi connectivity index (χ1v) is 5.97. The molecule has 0 amide bonds. The second-order valence-corrected chi connectivity index (χ2v) is 4.79. The van der Waals surface area contributed by atoms with E-state index in [1.54, 1.807) is 31.3 Å². The maximum atomic E-state index is 11.5. The minimum atomic E-state index is -0.135. The number of halogens is 3. The van der Waals surface area contributed by atoms with Gasteiger partial charge in [-0.2, -0.15) is 0 Å². The van der Waals surface area contributed by atoms with Crippen molar-refractivity contribution in [2.24, 2.45) is 0 Å². The van der Waals surface area contributed by atoms with E-state index in [0.29, 0.717) is 20.6 Å². The predicted molar refractivity (Wildman–Crippen MR) is 72.3 cm³/mol. The largest absolute Gasteiger partial charge is 0.329 e. The number of nitrogens with one attached hydrogen (secondary N) is 1. The Balaban J connectivity index is 2.69. The van der Waals surface area contributed by atoms with Crippen LogP contribution in [-0.2, 0) is 0 Å². The summed E-state index contributed by atoms with van der Waals surface area (Å²) in [6.45, 7) is 1.74. The molecule has 1 aromatic carbocycles. The topological polar surface area (TPSA) is 32.9 Å². The number of rotatable bonds is 1. The van der Waals surface area contributed by atoms with Crippen LogP contribution in [0.3, 0.4) is 0 Å². The fraction of sp³-hybridized carbons (Fsp3) is 0.0833. The van der Waals surface area contributed by atoms with Crippen molar-refractivity contribution in [2.75, 3.05) is 0 Å². The van der Waals surface area contributed by atoms with Crippen LogP contribution in [0, 0.1) is 6.92 Å². The van der Waals surface area contributed by atoms with Crippen molar-refractivity contribution in [2.45, 2.75) is 6.92 Å². The SMILES string of the molecule is Cc1c(-c2cc(Cl)c(Cl)c(Cl)c2)cc[nH]c1=O. The first-order valence-electron chi connectivity index (χ1n) is 4.84. The Hall–Kier alpha value is -0.960. The maximum Gasteiger partial charge on any atom is 0.251 e. The fourth-order valence-corrected chi connectivity index (χ4v) is 2.18. The second kappa shape index (κ2) is 4.73.